The van der Waals surface area contributed by atoms with Gasteiger partial charge in [0.2, 0.25) is 11.8 Å². The second-order valence-electron chi connectivity index (χ2n) is 13.0. The Morgan fingerprint density at radius 3 is 2.56 bits per heavy atom. The third-order valence-electron chi connectivity index (χ3n) is 9.59. The standard InChI is InChI=1S/C33H34N8O4/c1-17(2)41-30-20(15-36-41)9-10-34-29(30)25-16-39(38-28(25)19-3-4-19)22-11-18(12-22)14-35-21-5-6-23-24(13-21)33(45)40(32(23)44)26-7-8-27(42)37-31(26)43/h5-6,9-10,13,15-19,22,26,35H,3-4,7-8,11-12,14H2,1-2H3,(H,37,42,43)/t18-,22-,26?. The number of fused-ring (bicyclic) bond motifs is 2. The van der Waals surface area contributed by atoms with Gasteiger partial charge in [-0.3, -0.25) is 43.7 Å². The van der Waals surface area contributed by atoms with Crippen molar-refractivity contribution in [1.82, 2.24) is 34.8 Å². The summed E-state index contributed by atoms with van der Waals surface area (Å²) in [6.07, 6.45) is 10.4. The monoisotopic (exact) mass is 606 g/mol. The Bertz CT molecular complexity index is 1900. The molecule has 8 rings (SSSR count). The summed E-state index contributed by atoms with van der Waals surface area (Å²) in [5, 5.41) is 16.5. The van der Waals surface area contributed by atoms with Gasteiger partial charge in [-0.1, -0.05) is 0 Å². The first kappa shape index (κ1) is 27.7. The highest BCUT2D eigenvalue weighted by atomic mass is 16.2. The van der Waals surface area contributed by atoms with Gasteiger partial charge in [0.1, 0.15) is 6.04 Å². The first-order valence-electron chi connectivity index (χ1n) is 15.8. The number of amides is 4. The van der Waals surface area contributed by atoms with E-state index in [0.717, 1.165) is 70.7 Å². The van der Waals surface area contributed by atoms with Crippen LogP contribution < -0.4 is 10.6 Å². The molecule has 4 aromatic rings. The number of benzene rings is 1. The van der Waals surface area contributed by atoms with E-state index in [2.05, 4.69) is 40.5 Å². The molecule has 0 radical (unpaired) electrons. The van der Waals surface area contributed by atoms with Crippen LogP contribution in [0.25, 0.3) is 22.2 Å². The molecule has 5 heterocycles. The van der Waals surface area contributed by atoms with E-state index in [1.165, 1.54) is 0 Å². The zero-order valence-corrected chi connectivity index (χ0v) is 25.2. The molecular weight excluding hydrogens is 572 g/mol. The molecule has 3 fully saturated rings. The molecule has 4 amide bonds. The van der Waals surface area contributed by atoms with E-state index >= 15 is 0 Å². The Kier molecular flexibility index (Phi) is 6.36. The van der Waals surface area contributed by atoms with E-state index in [1.54, 1.807) is 18.2 Å². The van der Waals surface area contributed by atoms with Crippen molar-refractivity contribution in [2.24, 2.45) is 5.92 Å². The van der Waals surface area contributed by atoms with Crippen LogP contribution in [0.1, 0.15) is 96.8 Å². The maximum Gasteiger partial charge on any atom is 0.262 e. The Balaban J connectivity index is 0.946. The molecule has 1 atom stereocenters. The van der Waals surface area contributed by atoms with Crippen molar-refractivity contribution in [3.63, 3.8) is 0 Å². The molecule has 230 valence electrons. The highest BCUT2D eigenvalue weighted by Gasteiger charge is 2.44. The number of imide groups is 2. The Labute approximate surface area is 259 Å². The molecule has 1 aromatic carbocycles. The van der Waals surface area contributed by atoms with Gasteiger partial charge < -0.3 is 5.32 Å². The molecule has 2 aliphatic carbocycles. The fourth-order valence-electron chi connectivity index (χ4n) is 6.94. The van der Waals surface area contributed by atoms with E-state index in [9.17, 15) is 19.2 Å². The van der Waals surface area contributed by atoms with Gasteiger partial charge in [0.15, 0.2) is 0 Å². The van der Waals surface area contributed by atoms with Gasteiger partial charge in [-0.15, -0.1) is 0 Å². The molecule has 45 heavy (non-hydrogen) atoms. The number of rotatable bonds is 8. The number of carbonyl (C=O) groups is 4. The molecule has 0 bridgehead atoms. The second kappa shape index (κ2) is 10.4. The number of carbonyl (C=O) groups excluding carboxylic acids is 4. The third kappa shape index (κ3) is 4.61. The predicted molar refractivity (Wildman–Crippen MR) is 164 cm³/mol. The number of pyridine rings is 1. The van der Waals surface area contributed by atoms with Crippen molar-refractivity contribution >= 4 is 40.2 Å². The lowest BCUT2D eigenvalue weighted by Crippen LogP contribution is -2.54. The summed E-state index contributed by atoms with van der Waals surface area (Å²) in [6.45, 7) is 4.99. The minimum atomic E-state index is -0.970. The van der Waals surface area contributed by atoms with Gasteiger partial charge in [0.05, 0.1) is 40.3 Å². The molecule has 1 saturated heterocycles. The van der Waals surface area contributed by atoms with Crippen molar-refractivity contribution in [3.8, 4) is 11.3 Å². The van der Waals surface area contributed by atoms with Crippen LogP contribution in [-0.2, 0) is 9.59 Å². The fourth-order valence-corrected chi connectivity index (χ4v) is 6.94. The lowest BCUT2D eigenvalue weighted by Gasteiger charge is -2.35. The molecular formula is C33H34N8O4. The Hall–Kier alpha value is -4.87. The van der Waals surface area contributed by atoms with Gasteiger partial charge >= 0.3 is 0 Å². The smallest absolute Gasteiger partial charge is 0.262 e. The quantitative estimate of drug-likeness (QED) is 0.284. The molecule has 2 aliphatic heterocycles. The number of hydrogen-bond acceptors (Lipinski definition) is 8. The first-order chi connectivity index (χ1) is 21.8. The van der Waals surface area contributed by atoms with Gasteiger partial charge in [0.25, 0.3) is 11.8 Å². The molecule has 1 unspecified atom stereocenters. The molecule has 2 N–H and O–H groups in total. The average Bonchev–Trinajstić information content (AvgIpc) is 3.51. The maximum absolute atomic E-state index is 13.2. The van der Waals surface area contributed by atoms with Gasteiger partial charge in [0, 0.05) is 54.0 Å². The maximum atomic E-state index is 13.2. The highest BCUT2D eigenvalue weighted by Crippen LogP contribution is 2.46. The largest absolute Gasteiger partial charge is 0.385 e. The Morgan fingerprint density at radius 2 is 1.80 bits per heavy atom. The number of anilines is 1. The zero-order valence-electron chi connectivity index (χ0n) is 25.2. The van der Waals surface area contributed by atoms with E-state index in [0.29, 0.717) is 17.9 Å². The summed E-state index contributed by atoms with van der Waals surface area (Å²) in [5.74, 6) is -1.09. The summed E-state index contributed by atoms with van der Waals surface area (Å²) in [7, 11) is 0. The summed E-state index contributed by atoms with van der Waals surface area (Å²) in [4.78, 5) is 55.9. The van der Waals surface area contributed by atoms with Gasteiger partial charge in [-0.05, 0) is 76.1 Å². The van der Waals surface area contributed by atoms with Crippen LogP contribution in [0.4, 0.5) is 5.69 Å². The second-order valence-corrected chi connectivity index (χ2v) is 13.0. The average molecular weight is 607 g/mol. The Morgan fingerprint density at radius 1 is 1.00 bits per heavy atom. The van der Waals surface area contributed by atoms with Crippen molar-refractivity contribution in [1.29, 1.82) is 0 Å². The number of hydrogen-bond donors (Lipinski definition) is 2. The molecule has 12 heteroatoms. The van der Waals surface area contributed by atoms with E-state index in [-0.39, 0.29) is 30.0 Å². The summed E-state index contributed by atoms with van der Waals surface area (Å²) < 4.78 is 4.19. The number of piperidine rings is 1. The van der Waals surface area contributed by atoms with Crippen molar-refractivity contribution in [2.75, 3.05) is 11.9 Å². The van der Waals surface area contributed by atoms with Crippen LogP contribution in [0.15, 0.2) is 42.9 Å². The van der Waals surface area contributed by atoms with E-state index in [1.807, 2.05) is 23.1 Å². The van der Waals surface area contributed by atoms with Crippen LogP contribution in [0.2, 0.25) is 0 Å². The number of aromatic nitrogens is 5. The molecule has 12 nitrogen and oxygen atoms in total. The lowest BCUT2D eigenvalue weighted by atomic mass is 9.80. The molecule has 3 aromatic heterocycles. The SMILES string of the molecule is CC(C)n1ncc2ccnc(-c3cn([C@H]4C[C@H](CNc5ccc6c(c5)C(=O)N(C5CCC(=O)NC5=O)C6=O)C4)nc3C3CC3)c21. The fraction of sp³-hybridized carbons (Fsp3) is 0.424. The summed E-state index contributed by atoms with van der Waals surface area (Å²) >= 11 is 0. The van der Waals surface area contributed by atoms with Crippen molar-refractivity contribution in [2.45, 2.75) is 76.4 Å². The van der Waals surface area contributed by atoms with Crippen LogP contribution in [0.3, 0.4) is 0 Å². The lowest BCUT2D eigenvalue weighted by molar-refractivity contribution is -0.136. The molecule has 2 saturated carbocycles. The van der Waals surface area contributed by atoms with Crippen molar-refractivity contribution in [3.05, 3.63) is 59.7 Å². The highest BCUT2D eigenvalue weighted by molar-refractivity contribution is 6.23. The normalized spacial score (nSPS) is 23.1. The summed E-state index contributed by atoms with van der Waals surface area (Å²) in [5.41, 5.74) is 5.56. The minimum absolute atomic E-state index is 0.0948. The van der Waals surface area contributed by atoms with Gasteiger partial charge in [-0.25, -0.2) is 0 Å². The van der Waals surface area contributed by atoms with Crippen LogP contribution in [0, 0.1) is 5.92 Å². The minimum Gasteiger partial charge on any atom is -0.385 e. The third-order valence-corrected chi connectivity index (χ3v) is 9.59. The predicted octanol–water partition coefficient (Wildman–Crippen LogP) is 4.22. The van der Waals surface area contributed by atoms with Crippen LogP contribution in [-0.4, -0.2) is 65.7 Å². The molecule has 0 spiro atoms. The number of nitrogens with zero attached hydrogens (tertiary/aromatic N) is 6. The van der Waals surface area contributed by atoms with Crippen molar-refractivity contribution < 1.29 is 19.2 Å². The van der Waals surface area contributed by atoms with Crippen LogP contribution in [0.5, 0.6) is 0 Å². The van der Waals surface area contributed by atoms with Crippen LogP contribution >= 0.6 is 0 Å². The topological polar surface area (TPSA) is 144 Å². The van der Waals surface area contributed by atoms with E-state index < -0.39 is 29.7 Å². The zero-order chi connectivity index (χ0) is 31.0. The summed E-state index contributed by atoms with van der Waals surface area (Å²) in [6, 6.07) is 6.69. The number of nitrogens with one attached hydrogen (secondary N) is 2. The molecule has 4 aliphatic rings. The first-order valence-corrected chi connectivity index (χ1v) is 15.8. The van der Waals surface area contributed by atoms with E-state index in [4.69, 9.17) is 10.1 Å². The van der Waals surface area contributed by atoms with Gasteiger partial charge in [-0.2, -0.15) is 10.2 Å².